The summed E-state index contributed by atoms with van der Waals surface area (Å²) in [6.07, 6.45) is 1.24. The second-order valence-corrected chi connectivity index (χ2v) is 6.69. The average molecular weight is 324 g/mol. The molecule has 4 nitrogen and oxygen atoms in total. The van der Waals surface area contributed by atoms with E-state index >= 15 is 0 Å². The van der Waals surface area contributed by atoms with Crippen LogP contribution in [0.15, 0.2) is 42.5 Å². The van der Waals surface area contributed by atoms with Crippen molar-refractivity contribution in [1.82, 2.24) is 5.43 Å². The van der Waals surface area contributed by atoms with Crippen molar-refractivity contribution in [2.45, 2.75) is 26.2 Å². The van der Waals surface area contributed by atoms with E-state index in [0.29, 0.717) is 24.1 Å². The van der Waals surface area contributed by atoms with Crippen molar-refractivity contribution in [3.63, 3.8) is 0 Å². The number of rotatable bonds is 1. The lowest BCUT2D eigenvalue weighted by Crippen LogP contribution is -2.60. The normalized spacial score (nSPS) is 18.7. The monoisotopic (exact) mass is 324 g/mol. The second kappa shape index (κ2) is 5.16. The van der Waals surface area contributed by atoms with E-state index in [9.17, 15) is 14.0 Å². The molecule has 24 heavy (non-hydrogen) atoms. The third-order valence-corrected chi connectivity index (χ3v) is 4.98. The highest BCUT2D eigenvalue weighted by atomic mass is 19.1. The van der Waals surface area contributed by atoms with E-state index < -0.39 is 11.2 Å². The van der Waals surface area contributed by atoms with Gasteiger partial charge in [0.05, 0.1) is 11.1 Å². The van der Waals surface area contributed by atoms with E-state index in [2.05, 4.69) is 5.43 Å². The predicted octanol–water partition coefficient (Wildman–Crippen LogP) is 2.69. The smallest absolute Gasteiger partial charge is 0.253 e. The van der Waals surface area contributed by atoms with Crippen LogP contribution in [-0.2, 0) is 22.4 Å². The molecular formula is C19H17FN2O2. The molecular weight excluding hydrogens is 307 g/mol. The molecule has 2 aromatic carbocycles. The molecule has 1 spiro atoms. The first-order valence-electron chi connectivity index (χ1n) is 7.95. The Labute approximate surface area is 139 Å². The molecule has 4 rings (SSSR count). The van der Waals surface area contributed by atoms with Gasteiger partial charge in [-0.2, -0.15) is 0 Å². The standard InChI is InChI=1S/C19H17FN2O2/c1-12-6-7-15(8-16(12)20)22-18(24)19(11-17(23)21-22)9-13-4-2-3-5-14(13)10-19/h2-8H,9-11H2,1H3,(H,21,23). The van der Waals surface area contributed by atoms with Crippen LogP contribution in [0.5, 0.6) is 0 Å². The number of benzene rings is 2. The van der Waals surface area contributed by atoms with Gasteiger partial charge in [-0.25, -0.2) is 9.40 Å². The first-order valence-corrected chi connectivity index (χ1v) is 7.95. The van der Waals surface area contributed by atoms with Gasteiger partial charge in [0.1, 0.15) is 5.82 Å². The fourth-order valence-corrected chi connectivity index (χ4v) is 3.71. The Morgan fingerprint density at radius 3 is 2.33 bits per heavy atom. The molecule has 0 unspecified atom stereocenters. The molecule has 2 aliphatic rings. The molecule has 0 radical (unpaired) electrons. The Bertz CT molecular complexity index is 837. The van der Waals surface area contributed by atoms with Crippen LogP contribution in [0.1, 0.15) is 23.1 Å². The Morgan fingerprint density at radius 1 is 1.04 bits per heavy atom. The molecule has 0 saturated carbocycles. The van der Waals surface area contributed by atoms with E-state index in [1.54, 1.807) is 19.1 Å². The quantitative estimate of drug-likeness (QED) is 0.877. The molecule has 0 atom stereocenters. The first-order chi connectivity index (χ1) is 11.5. The summed E-state index contributed by atoms with van der Waals surface area (Å²) in [7, 11) is 0. The zero-order chi connectivity index (χ0) is 16.9. The number of aryl methyl sites for hydroxylation is 1. The van der Waals surface area contributed by atoms with Gasteiger partial charge in [0.2, 0.25) is 5.91 Å². The Hall–Kier alpha value is -2.69. The maximum atomic E-state index is 13.9. The molecule has 0 bridgehead atoms. The number of hydrazine groups is 1. The molecule has 1 fully saturated rings. The number of hydrogen-bond acceptors (Lipinski definition) is 2. The van der Waals surface area contributed by atoms with Gasteiger partial charge in [-0.1, -0.05) is 30.3 Å². The van der Waals surface area contributed by atoms with Crippen molar-refractivity contribution in [2.24, 2.45) is 5.41 Å². The van der Waals surface area contributed by atoms with Crippen LogP contribution in [0.25, 0.3) is 0 Å². The van der Waals surface area contributed by atoms with Gasteiger partial charge in [-0.05, 0) is 48.6 Å². The number of nitrogens with one attached hydrogen (secondary N) is 1. The molecule has 1 heterocycles. The maximum absolute atomic E-state index is 13.9. The van der Waals surface area contributed by atoms with Crippen LogP contribution in [-0.4, -0.2) is 11.8 Å². The molecule has 2 amide bonds. The predicted molar refractivity (Wildman–Crippen MR) is 87.7 cm³/mol. The van der Waals surface area contributed by atoms with Gasteiger partial charge in [0, 0.05) is 6.42 Å². The van der Waals surface area contributed by atoms with Crippen molar-refractivity contribution in [1.29, 1.82) is 0 Å². The van der Waals surface area contributed by atoms with Crippen LogP contribution in [0, 0.1) is 18.2 Å². The van der Waals surface area contributed by atoms with Gasteiger partial charge >= 0.3 is 0 Å². The van der Waals surface area contributed by atoms with Crippen molar-refractivity contribution < 1.29 is 14.0 Å². The van der Waals surface area contributed by atoms with Crippen molar-refractivity contribution in [2.75, 3.05) is 5.01 Å². The number of carbonyl (C=O) groups excluding carboxylic acids is 2. The van der Waals surface area contributed by atoms with Gasteiger partial charge in [-0.3, -0.25) is 15.0 Å². The fraction of sp³-hybridized carbons (Fsp3) is 0.263. The molecule has 0 aromatic heterocycles. The maximum Gasteiger partial charge on any atom is 0.253 e. The number of nitrogens with zero attached hydrogens (tertiary/aromatic N) is 1. The van der Waals surface area contributed by atoms with Crippen LogP contribution >= 0.6 is 0 Å². The number of fused-ring (bicyclic) bond motifs is 1. The minimum absolute atomic E-state index is 0.158. The fourth-order valence-electron chi connectivity index (χ4n) is 3.71. The molecule has 2 aromatic rings. The Kier molecular flexibility index (Phi) is 3.20. The minimum atomic E-state index is -0.770. The molecule has 1 saturated heterocycles. The Morgan fingerprint density at radius 2 is 1.71 bits per heavy atom. The summed E-state index contributed by atoms with van der Waals surface area (Å²) in [5.74, 6) is -0.797. The topological polar surface area (TPSA) is 49.4 Å². The third-order valence-electron chi connectivity index (χ3n) is 4.98. The van der Waals surface area contributed by atoms with Gasteiger partial charge in [0.15, 0.2) is 0 Å². The lowest BCUT2D eigenvalue weighted by atomic mass is 9.78. The third kappa shape index (κ3) is 2.19. The van der Waals surface area contributed by atoms with Gasteiger partial charge in [0.25, 0.3) is 5.91 Å². The van der Waals surface area contributed by atoms with Crippen LogP contribution < -0.4 is 10.4 Å². The summed E-state index contributed by atoms with van der Waals surface area (Å²) in [6.45, 7) is 1.66. The summed E-state index contributed by atoms with van der Waals surface area (Å²) in [6, 6.07) is 12.4. The Balaban J connectivity index is 1.72. The lowest BCUT2D eigenvalue weighted by molar-refractivity contribution is -0.140. The van der Waals surface area contributed by atoms with E-state index in [4.69, 9.17) is 0 Å². The van der Waals surface area contributed by atoms with Crippen molar-refractivity contribution in [3.05, 3.63) is 65.0 Å². The zero-order valence-electron chi connectivity index (χ0n) is 13.3. The summed E-state index contributed by atoms with van der Waals surface area (Å²) in [5.41, 5.74) is 4.88. The average Bonchev–Trinajstić information content (AvgIpc) is 2.92. The van der Waals surface area contributed by atoms with Crippen LogP contribution in [0.2, 0.25) is 0 Å². The molecule has 5 heteroatoms. The largest absolute Gasteiger partial charge is 0.273 e. The molecule has 1 aliphatic heterocycles. The summed E-state index contributed by atoms with van der Waals surface area (Å²) in [5, 5.41) is 1.21. The van der Waals surface area contributed by atoms with Gasteiger partial charge < -0.3 is 0 Å². The number of hydrogen-bond donors (Lipinski definition) is 1. The molecule has 1 N–H and O–H groups in total. The van der Waals surface area contributed by atoms with E-state index in [-0.39, 0.29) is 18.2 Å². The van der Waals surface area contributed by atoms with E-state index in [1.165, 1.54) is 11.1 Å². The number of anilines is 1. The van der Waals surface area contributed by atoms with Crippen LogP contribution in [0.4, 0.5) is 10.1 Å². The summed E-state index contributed by atoms with van der Waals surface area (Å²) < 4.78 is 13.9. The second-order valence-electron chi connectivity index (χ2n) is 6.69. The highest BCUT2D eigenvalue weighted by molar-refractivity contribution is 6.05. The minimum Gasteiger partial charge on any atom is -0.273 e. The van der Waals surface area contributed by atoms with Gasteiger partial charge in [-0.15, -0.1) is 0 Å². The highest BCUT2D eigenvalue weighted by Crippen LogP contribution is 2.43. The van der Waals surface area contributed by atoms with Crippen molar-refractivity contribution >= 4 is 17.5 Å². The zero-order valence-corrected chi connectivity index (χ0v) is 13.3. The lowest BCUT2D eigenvalue weighted by Gasteiger charge is -2.38. The molecule has 122 valence electrons. The highest BCUT2D eigenvalue weighted by Gasteiger charge is 2.51. The van der Waals surface area contributed by atoms with E-state index in [0.717, 1.165) is 11.1 Å². The summed E-state index contributed by atoms with van der Waals surface area (Å²) >= 11 is 0. The van der Waals surface area contributed by atoms with Crippen molar-refractivity contribution in [3.8, 4) is 0 Å². The number of amides is 2. The number of carbonyl (C=O) groups is 2. The van der Waals surface area contributed by atoms with E-state index in [1.807, 2.05) is 24.3 Å². The summed E-state index contributed by atoms with van der Waals surface area (Å²) in [4.78, 5) is 25.4. The van der Waals surface area contributed by atoms with Crippen LogP contribution in [0.3, 0.4) is 0 Å². The SMILES string of the molecule is Cc1ccc(N2NC(=O)CC3(Cc4ccccc4C3)C2=O)cc1F. The first kappa shape index (κ1) is 14.9. The number of halogens is 1. The molecule has 1 aliphatic carbocycles.